The van der Waals surface area contributed by atoms with Gasteiger partial charge in [0, 0.05) is 17.8 Å². The van der Waals surface area contributed by atoms with Gasteiger partial charge in [0.1, 0.15) is 0 Å². The molecule has 1 aliphatic rings. The number of piperidine rings is 1. The third-order valence-electron chi connectivity index (χ3n) is 3.76. The lowest BCUT2D eigenvalue weighted by atomic mass is 9.97. The summed E-state index contributed by atoms with van der Waals surface area (Å²) in [7, 11) is 0. The van der Waals surface area contributed by atoms with Crippen molar-refractivity contribution in [2.24, 2.45) is 0 Å². The number of carbonyl (C=O) groups excluding carboxylic acids is 1. The van der Waals surface area contributed by atoms with Crippen LogP contribution in [-0.2, 0) is 4.79 Å². The highest BCUT2D eigenvalue weighted by atomic mass is 16.2. The summed E-state index contributed by atoms with van der Waals surface area (Å²) in [5.41, 5.74) is 0.875. The molecule has 1 aromatic carbocycles. The van der Waals surface area contributed by atoms with Crippen LogP contribution in [0, 0.1) is 0 Å². The second-order valence-corrected chi connectivity index (χ2v) is 5.22. The van der Waals surface area contributed by atoms with E-state index in [4.69, 9.17) is 0 Å². The Morgan fingerprint density at radius 1 is 1.22 bits per heavy atom. The Balaban J connectivity index is 1.90. The van der Waals surface area contributed by atoms with Crippen molar-refractivity contribution in [2.45, 2.75) is 45.2 Å². The van der Waals surface area contributed by atoms with E-state index in [9.17, 15) is 4.79 Å². The van der Waals surface area contributed by atoms with E-state index >= 15 is 0 Å². The molecule has 1 saturated heterocycles. The molecule has 3 nitrogen and oxygen atoms in total. The Morgan fingerprint density at radius 2 is 1.83 bits per heavy atom. The lowest BCUT2D eigenvalue weighted by Crippen LogP contribution is -2.47. The number of amides is 1. The minimum atomic E-state index is 0.0850. The monoisotopic (exact) mass is 246 g/mol. The first kappa shape index (κ1) is 13.1. The fraction of sp³-hybridized carbons (Fsp3) is 0.533. The Labute approximate surface area is 109 Å². The molecule has 2 unspecified atom stereocenters. The van der Waals surface area contributed by atoms with Crippen LogP contribution >= 0.6 is 0 Å². The number of rotatable bonds is 3. The highest BCUT2D eigenvalue weighted by Crippen LogP contribution is 2.22. The van der Waals surface area contributed by atoms with Gasteiger partial charge < -0.3 is 5.32 Å². The van der Waals surface area contributed by atoms with Crippen LogP contribution in [0.4, 0.5) is 5.69 Å². The third-order valence-corrected chi connectivity index (χ3v) is 3.76. The summed E-state index contributed by atoms with van der Waals surface area (Å²) >= 11 is 0. The molecule has 0 aliphatic carbocycles. The SMILES string of the molecule is CC1CCCC(C)N1CC(=O)Nc1ccccc1. The first-order valence-electron chi connectivity index (χ1n) is 6.77. The van der Waals surface area contributed by atoms with Crippen molar-refractivity contribution in [2.75, 3.05) is 11.9 Å². The molecule has 1 fully saturated rings. The molecule has 1 N–H and O–H groups in total. The molecule has 1 aliphatic heterocycles. The van der Waals surface area contributed by atoms with Gasteiger partial charge in [-0.25, -0.2) is 0 Å². The summed E-state index contributed by atoms with van der Waals surface area (Å²) in [5, 5.41) is 2.95. The first-order chi connectivity index (χ1) is 8.66. The summed E-state index contributed by atoms with van der Waals surface area (Å²) < 4.78 is 0. The van der Waals surface area contributed by atoms with Gasteiger partial charge in [-0.15, -0.1) is 0 Å². The van der Waals surface area contributed by atoms with Crippen LogP contribution < -0.4 is 5.32 Å². The lowest BCUT2D eigenvalue weighted by Gasteiger charge is -2.38. The minimum Gasteiger partial charge on any atom is -0.325 e. The summed E-state index contributed by atoms with van der Waals surface area (Å²) in [4.78, 5) is 14.3. The molecule has 0 aromatic heterocycles. The number of para-hydroxylation sites is 1. The van der Waals surface area contributed by atoms with Gasteiger partial charge in [0.15, 0.2) is 0 Å². The summed E-state index contributed by atoms with van der Waals surface area (Å²) in [6.07, 6.45) is 3.67. The predicted molar refractivity (Wildman–Crippen MR) is 74.6 cm³/mol. The molecular weight excluding hydrogens is 224 g/mol. The lowest BCUT2D eigenvalue weighted by molar-refractivity contribution is -0.118. The average molecular weight is 246 g/mol. The van der Waals surface area contributed by atoms with E-state index < -0.39 is 0 Å². The Morgan fingerprint density at radius 3 is 2.44 bits per heavy atom. The zero-order valence-electron chi connectivity index (χ0n) is 11.2. The number of hydrogen-bond acceptors (Lipinski definition) is 2. The molecule has 3 heteroatoms. The van der Waals surface area contributed by atoms with E-state index in [0.717, 1.165) is 5.69 Å². The Bertz CT molecular complexity index is 381. The maximum absolute atomic E-state index is 12.0. The van der Waals surface area contributed by atoms with Crippen LogP contribution in [0.15, 0.2) is 30.3 Å². The number of likely N-dealkylation sites (tertiary alicyclic amines) is 1. The Hall–Kier alpha value is -1.35. The van der Waals surface area contributed by atoms with Crippen molar-refractivity contribution in [3.05, 3.63) is 30.3 Å². The largest absolute Gasteiger partial charge is 0.325 e. The van der Waals surface area contributed by atoms with Gasteiger partial charge >= 0.3 is 0 Å². The maximum atomic E-state index is 12.0. The summed E-state index contributed by atoms with van der Waals surface area (Å²) in [5.74, 6) is 0.0850. The molecule has 0 saturated carbocycles. The van der Waals surface area contributed by atoms with E-state index in [1.807, 2.05) is 30.3 Å². The first-order valence-corrected chi connectivity index (χ1v) is 6.77. The third kappa shape index (κ3) is 3.33. The van der Waals surface area contributed by atoms with Crippen molar-refractivity contribution >= 4 is 11.6 Å². The fourth-order valence-electron chi connectivity index (χ4n) is 2.67. The number of hydrogen-bond donors (Lipinski definition) is 1. The van der Waals surface area contributed by atoms with Crippen LogP contribution in [0.3, 0.4) is 0 Å². The standard InChI is InChI=1S/C15H22N2O/c1-12-7-6-8-13(2)17(12)11-15(18)16-14-9-4-3-5-10-14/h3-5,9-10,12-13H,6-8,11H2,1-2H3,(H,16,18). The predicted octanol–water partition coefficient (Wildman–Crippen LogP) is 2.89. The zero-order chi connectivity index (χ0) is 13.0. The molecule has 2 rings (SSSR count). The van der Waals surface area contributed by atoms with Gasteiger partial charge in [-0.3, -0.25) is 9.69 Å². The molecule has 0 bridgehead atoms. The van der Waals surface area contributed by atoms with E-state index in [1.54, 1.807) is 0 Å². The second-order valence-electron chi connectivity index (χ2n) is 5.22. The van der Waals surface area contributed by atoms with Crippen LogP contribution in [0.1, 0.15) is 33.1 Å². The molecule has 1 heterocycles. The number of nitrogens with zero attached hydrogens (tertiary/aromatic N) is 1. The smallest absolute Gasteiger partial charge is 0.238 e. The second kappa shape index (κ2) is 6.01. The average Bonchev–Trinajstić information content (AvgIpc) is 2.35. The van der Waals surface area contributed by atoms with Crippen LogP contribution in [0.5, 0.6) is 0 Å². The van der Waals surface area contributed by atoms with Crippen molar-refractivity contribution in [1.82, 2.24) is 4.90 Å². The topological polar surface area (TPSA) is 32.3 Å². The number of nitrogens with one attached hydrogen (secondary N) is 1. The molecule has 1 aromatic rings. The maximum Gasteiger partial charge on any atom is 0.238 e. The van der Waals surface area contributed by atoms with Gasteiger partial charge in [-0.05, 0) is 38.8 Å². The highest BCUT2D eigenvalue weighted by Gasteiger charge is 2.26. The van der Waals surface area contributed by atoms with Gasteiger partial charge in [0.25, 0.3) is 0 Å². The summed E-state index contributed by atoms with van der Waals surface area (Å²) in [6.45, 7) is 4.92. The van der Waals surface area contributed by atoms with Gasteiger partial charge in [0.2, 0.25) is 5.91 Å². The molecule has 0 spiro atoms. The van der Waals surface area contributed by atoms with Crippen LogP contribution in [0.2, 0.25) is 0 Å². The number of carbonyl (C=O) groups is 1. The van der Waals surface area contributed by atoms with Gasteiger partial charge in [-0.2, -0.15) is 0 Å². The van der Waals surface area contributed by atoms with Crippen molar-refractivity contribution in [1.29, 1.82) is 0 Å². The number of anilines is 1. The van der Waals surface area contributed by atoms with E-state index in [2.05, 4.69) is 24.1 Å². The van der Waals surface area contributed by atoms with Crippen molar-refractivity contribution in [3.63, 3.8) is 0 Å². The van der Waals surface area contributed by atoms with Crippen LogP contribution in [0.25, 0.3) is 0 Å². The zero-order valence-corrected chi connectivity index (χ0v) is 11.2. The van der Waals surface area contributed by atoms with E-state index in [0.29, 0.717) is 18.6 Å². The van der Waals surface area contributed by atoms with Crippen molar-refractivity contribution < 1.29 is 4.79 Å². The van der Waals surface area contributed by atoms with E-state index in [1.165, 1.54) is 19.3 Å². The number of benzene rings is 1. The normalized spacial score (nSPS) is 24.8. The van der Waals surface area contributed by atoms with Crippen molar-refractivity contribution in [3.8, 4) is 0 Å². The fourth-order valence-corrected chi connectivity index (χ4v) is 2.67. The van der Waals surface area contributed by atoms with Crippen LogP contribution in [-0.4, -0.2) is 29.4 Å². The van der Waals surface area contributed by atoms with Gasteiger partial charge in [0.05, 0.1) is 6.54 Å². The van der Waals surface area contributed by atoms with E-state index in [-0.39, 0.29) is 5.91 Å². The minimum absolute atomic E-state index is 0.0850. The molecule has 98 valence electrons. The highest BCUT2D eigenvalue weighted by molar-refractivity contribution is 5.92. The quantitative estimate of drug-likeness (QED) is 0.889. The summed E-state index contributed by atoms with van der Waals surface area (Å²) in [6, 6.07) is 10.7. The Kier molecular flexibility index (Phi) is 4.37. The molecule has 18 heavy (non-hydrogen) atoms. The molecule has 0 radical (unpaired) electrons. The molecule has 1 amide bonds. The molecular formula is C15H22N2O. The van der Waals surface area contributed by atoms with Gasteiger partial charge in [-0.1, -0.05) is 24.6 Å². The molecule has 2 atom stereocenters.